The van der Waals surface area contributed by atoms with Gasteiger partial charge in [-0.2, -0.15) is 0 Å². The lowest BCUT2D eigenvalue weighted by Crippen LogP contribution is -2.24. The zero-order valence-electron chi connectivity index (χ0n) is 17.3. The van der Waals surface area contributed by atoms with Crippen molar-refractivity contribution in [1.29, 1.82) is 0 Å². The molecule has 4 rings (SSSR count). The minimum Gasteiger partial charge on any atom is -0.464 e. The van der Waals surface area contributed by atoms with Crippen LogP contribution in [-0.4, -0.2) is 30.9 Å². The fourth-order valence-electron chi connectivity index (χ4n) is 3.84. The highest BCUT2D eigenvalue weighted by Crippen LogP contribution is 2.30. The Bertz CT molecular complexity index is 1150. The number of ether oxygens (including phenoxy) is 1. The third-order valence-corrected chi connectivity index (χ3v) is 5.31. The van der Waals surface area contributed by atoms with Crippen molar-refractivity contribution < 1.29 is 23.5 Å². The number of nitrogens with one attached hydrogen (secondary N) is 2. The SMILES string of the molecule is CCNC(=O)c1cccc(NC(=O)COC(=O)Cc2coc3cc4c(cc23)CCC4)c1. The van der Waals surface area contributed by atoms with Crippen LogP contribution < -0.4 is 10.6 Å². The summed E-state index contributed by atoms with van der Waals surface area (Å²) in [4.78, 5) is 36.3. The van der Waals surface area contributed by atoms with E-state index in [1.807, 2.05) is 6.92 Å². The Kier molecular flexibility index (Phi) is 6.02. The van der Waals surface area contributed by atoms with E-state index in [4.69, 9.17) is 9.15 Å². The van der Waals surface area contributed by atoms with Crippen LogP contribution in [0.15, 0.2) is 47.1 Å². The molecule has 2 amide bonds. The first-order valence-electron chi connectivity index (χ1n) is 10.4. The highest BCUT2D eigenvalue weighted by Gasteiger charge is 2.18. The van der Waals surface area contributed by atoms with Crippen LogP contribution >= 0.6 is 0 Å². The Labute approximate surface area is 179 Å². The first kappa shape index (κ1) is 20.7. The Morgan fingerprint density at radius 2 is 1.90 bits per heavy atom. The summed E-state index contributed by atoms with van der Waals surface area (Å²) in [5.74, 6) is -1.20. The lowest BCUT2D eigenvalue weighted by molar-refractivity contribution is -0.146. The molecule has 2 aromatic carbocycles. The van der Waals surface area contributed by atoms with Gasteiger partial charge in [0.05, 0.1) is 12.7 Å². The van der Waals surface area contributed by atoms with E-state index >= 15 is 0 Å². The summed E-state index contributed by atoms with van der Waals surface area (Å²) in [6, 6.07) is 10.7. The van der Waals surface area contributed by atoms with Crippen LogP contribution in [0.3, 0.4) is 0 Å². The molecule has 0 spiro atoms. The Morgan fingerprint density at radius 1 is 1.10 bits per heavy atom. The van der Waals surface area contributed by atoms with E-state index in [0.717, 1.165) is 35.8 Å². The Hall–Kier alpha value is -3.61. The summed E-state index contributed by atoms with van der Waals surface area (Å²) >= 11 is 0. The Morgan fingerprint density at radius 3 is 2.71 bits per heavy atom. The van der Waals surface area contributed by atoms with Crippen molar-refractivity contribution in [3.63, 3.8) is 0 Å². The Balaban J connectivity index is 1.32. The summed E-state index contributed by atoms with van der Waals surface area (Å²) in [5.41, 5.74) is 5.04. The van der Waals surface area contributed by atoms with Gasteiger partial charge in [-0.1, -0.05) is 6.07 Å². The van der Waals surface area contributed by atoms with Crippen molar-refractivity contribution in [3.8, 4) is 0 Å². The van der Waals surface area contributed by atoms with Gasteiger partial charge in [0.15, 0.2) is 6.61 Å². The van der Waals surface area contributed by atoms with Crippen LogP contribution in [0.1, 0.15) is 40.4 Å². The number of rotatable bonds is 7. The molecule has 7 nitrogen and oxygen atoms in total. The fourth-order valence-corrected chi connectivity index (χ4v) is 3.84. The molecule has 2 N–H and O–H groups in total. The second kappa shape index (κ2) is 9.04. The molecule has 0 aliphatic heterocycles. The molecule has 1 aromatic heterocycles. The number of anilines is 1. The second-order valence-corrected chi connectivity index (χ2v) is 7.56. The summed E-state index contributed by atoms with van der Waals surface area (Å²) in [6.45, 7) is 1.94. The minimum atomic E-state index is -0.505. The number of furan rings is 1. The van der Waals surface area contributed by atoms with Gasteiger partial charge < -0.3 is 19.8 Å². The van der Waals surface area contributed by atoms with Crippen molar-refractivity contribution in [3.05, 3.63) is 64.9 Å². The molecule has 0 unspecified atom stereocenters. The molecule has 0 radical (unpaired) electrons. The molecule has 1 aliphatic carbocycles. The molecule has 0 atom stereocenters. The number of carbonyl (C=O) groups is 3. The minimum absolute atomic E-state index is 0.0335. The number of amides is 2. The maximum absolute atomic E-state index is 12.3. The molecular formula is C24H24N2O5. The number of carbonyl (C=O) groups excluding carboxylic acids is 3. The van der Waals surface area contributed by atoms with E-state index in [9.17, 15) is 14.4 Å². The average molecular weight is 420 g/mol. The van der Waals surface area contributed by atoms with Crippen LogP contribution in [0.25, 0.3) is 11.0 Å². The van der Waals surface area contributed by atoms with E-state index in [-0.39, 0.29) is 12.3 Å². The van der Waals surface area contributed by atoms with Gasteiger partial charge in [-0.25, -0.2) is 0 Å². The summed E-state index contributed by atoms with van der Waals surface area (Å²) in [6.07, 6.45) is 4.85. The van der Waals surface area contributed by atoms with E-state index in [1.54, 1.807) is 30.5 Å². The number of fused-ring (bicyclic) bond motifs is 2. The lowest BCUT2D eigenvalue weighted by atomic mass is 10.0. The quantitative estimate of drug-likeness (QED) is 0.571. The molecule has 1 aliphatic rings. The molecule has 160 valence electrons. The van der Waals surface area contributed by atoms with Crippen LogP contribution in [0.2, 0.25) is 0 Å². The predicted octanol–water partition coefficient (Wildman–Crippen LogP) is 3.40. The lowest BCUT2D eigenvalue weighted by Gasteiger charge is -2.08. The number of hydrogen-bond acceptors (Lipinski definition) is 5. The molecule has 0 fully saturated rings. The van der Waals surface area contributed by atoms with Gasteiger partial charge >= 0.3 is 5.97 Å². The van der Waals surface area contributed by atoms with Crippen molar-refractivity contribution >= 4 is 34.4 Å². The van der Waals surface area contributed by atoms with Gasteiger partial charge in [0.25, 0.3) is 11.8 Å². The van der Waals surface area contributed by atoms with Gasteiger partial charge in [-0.3, -0.25) is 14.4 Å². The highest BCUT2D eigenvalue weighted by molar-refractivity contribution is 5.97. The third kappa shape index (κ3) is 4.77. The number of benzene rings is 2. The highest BCUT2D eigenvalue weighted by atomic mass is 16.5. The first-order chi connectivity index (χ1) is 15.0. The maximum atomic E-state index is 12.3. The molecule has 31 heavy (non-hydrogen) atoms. The molecule has 1 heterocycles. The van der Waals surface area contributed by atoms with Gasteiger partial charge in [0, 0.05) is 28.7 Å². The second-order valence-electron chi connectivity index (χ2n) is 7.56. The van der Waals surface area contributed by atoms with E-state index < -0.39 is 18.5 Å². The predicted molar refractivity (Wildman–Crippen MR) is 116 cm³/mol. The third-order valence-electron chi connectivity index (χ3n) is 5.31. The standard InChI is InChI=1S/C24H24N2O5/c1-2-25-24(29)17-7-4-8-19(9-17)26-22(27)14-31-23(28)12-18-13-30-21-11-16-6-3-5-15(16)10-20(18)21/h4,7-11,13H,2-3,5-6,12,14H2,1H3,(H,25,29)(H,26,27). The van der Waals surface area contributed by atoms with Gasteiger partial charge in [-0.05, 0) is 67.6 Å². The molecule has 0 saturated heterocycles. The summed E-state index contributed by atoms with van der Waals surface area (Å²) in [7, 11) is 0. The molecule has 0 bridgehead atoms. The van der Waals surface area contributed by atoms with E-state index in [1.165, 1.54) is 11.1 Å². The number of esters is 1. The molecule has 3 aromatic rings. The first-order valence-corrected chi connectivity index (χ1v) is 10.4. The number of aryl methyl sites for hydroxylation is 2. The summed E-state index contributed by atoms with van der Waals surface area (Å²) in [5, 5.41) is 6.26. The van der Waals surface area contributed by atoms with Gasteiger partial charge in [-0.15, -0.1) is 0 Å². The average Bonchev–Trinajstić information content (AvgIpc) is 3.37. The zero-order valence-corrected chi connectivity index (χ0v) is 17.3. The largest absolute Gasteiger partial charge is 0.464 e. The van der Waals surface area contributed by atoms with Crippen molar-refractivity contribution in [1.82, 2.24) is 5.32 Å². The number of hydrogen-bond donors (Lipinski definition) is 2. The van der Waals surface area contributed by atoms with Crippen LogP contribution in [0.5, 0.6) is 0 Å². The maximum Gasteiger partial charge on any atom is 0.310 e. The fraction of sp³-hybridized carbons (Fsp3) is 0.292. The van der Waals surface area contributed by atoms with Gasteiger partial charge in [0.1, 0.15) is 5.58 Å². The molecule has 0 saturated carbocycles. The van der Waals surface area contributed by atoms with E-state index in [2.05, 4.69) is 22.8 Å². The smallest absolute Gasteiger partial charge is 0.310 e. The van der Waals surface area contributed by atoms with Gasteiger partial charge in [0.2, 0.25) is 0 Å². The van der Waals surface area contributed by atoms with Crippen LogP contribution in [-0.2, 0) is 33.6 Å². The zero-order chi connectivity index (χ0) is 21.8. The monoisotopic (exact) mass is 420 g/mol. The summed E-state index contributed by atoms with van der Waals surface area (Å²) < 4.78 is 10.7. The van der Waals surface area contributed by atoms with Crippen molar-refractivity contribution in [2.45, 2.75) is 32.6 Å². The molecule has 7 heteroatoms. The normalized spacial score (nSPS) is 12.4. The van der Waals surface area contributed by atoms with Crippen LogP contribution in [0.4, 0.5) is 5.69 Å². The van der Waals surface area contributed by atoms with Crippen molar-refractivity contribution in [2.24, 2.45) is 0 Å². The van der Waals surface area contributed by atoms with E-state index in [0.29, 0.717) is 17.8 Å². The van der Waals surface area contributed by atoms with Crippen LogP contribution in [0, 0.1) is 0 Å². The van der Waals surface area contributed by atoms with Crippen molar-refractivity contribution in [2.75, 3.05) is 18.5 Å². The molecular weight excluding hydrogens is 396 g/mol. The topological polar surface area (TPSA) is 97.6 Å².